The summed E-state index contributed by atoms with van der Waals surface area (Å²) >= 11 is 0. The number of benzene rings is 1. The van der Waals surface area contributed by atoms with Gasteiger partial charge in [0.2, 0.25) is 0 Å². The molecule has 6 heteroatoms. The van der Waals surface area contributed by atoms with Crippen LogP contribution in [0.2, 0.25) is 0 Å². The van der Waals surface area contributed by atoms with Crippen LogP contribution in [0, 0.1) is 5.82 Å². The Morgan fingerprint density at radius 1 is 1.05 bits per heavy atom. The maximum absolute atomic E-state index is 13.4. The number of hydrogen-bond acceptors (Lipinski definition) is 4. The molecule has 0 saturated carbocycles. The van der Waals surface area contributed by atoms with Gasteiger partial charge in [0.15, 0.2) is 0 Å². The highest BCUT2D eigenvalue weighted by Gasteiger charge is 2.23. The minimum absolute atomic E-state index is 0.196. The fraction of sp³-hybridized carbons (Fsp3) is 0. The molecule has 96 valence electrons. The lowest BCUT2D eigenvalue weighted by Gasteiger charge is -2.14. The first-order valence-corrected chi connectivity index (χ1v) is 5.39. The quantitative estimate of drug-likeness (QED) is 0.382. The number of nitrogens with two attached hydrogens (primary N) is 1. The fourth-order valence-corrected chi connectivity index (χ4v) is 1.49. The lowest BCUT2D eigenvalue weighted by atomic mass is 10.2. The van der Waals surface area contributed by atoms with Gasteiger partial charge in [-0.2, -0.15) is 0 Å². The van der Waals surface area contributed by atoms with E-state index in [4.69, 9.17) is 5.84 Å². The third kappa shape index (κ3) is 2.63. The van der Waals surface area contributed by atoms with Crippen molar-refractivity contribution in [3.63, 3.8) is 0 Å². The van der Waals surface area contributed by atoms with E-state index in [1.807, 2.05) is 0 Å². The maximum atomic E-state index is 13.4. The Balaban J connectivity index is 2.26. The standard InChI is InChI=1S/C13H10FN3O2/c14-11-4-2-1-3-10(11)13(19)17(15)12(18)9-5-7-16-8-6-9/h1-8H,15H2. The molecule has 2 rings (SSSR count). The molecule has 2 amide bonds. The molecule has 19 heavy (non-hydrogen) atoms. The average Bonchev–Trinajstić information content (AvgIpc) is 2.46. The topological polar surface area (TPSA) is 76.3 Å². The maximum Gasteiger partial charge on any atom is 0.278 e. The molecule has 0 radical (unpaired) electrons. The SMILES string of the molecule is NN(C(=O)c1ccncc1)C(=O)c1ccccc1F. The first kappa shape index (κ1) is 12.8. The second-order valence-electron chi connectivity index (χ2n) is 3.70. The van der Waals surface area contributed by atoms with Crippen molar-refractivity contribution in [2.45, 2.75) is 0 Å². The number of nitrogens with zero attached hydrogens (tertiary/aromatic N) is 2. The largest absolute Gasteiger partial charge is 0.278 e. The Kier molecular flexibility index (Phi) is 3.63. The average molecular weight is 259 g/mol. The van der Waals surface area contributed by atoms with Crippen molar-refractivity contribution in [1.29, 1.82) is 0 Å². The van der Waals surface area contributed by atoms with Crippen LogP contribution in [0.25, 0.3) is 0 Å². The predicted molar refractivity (Wildman–Crippen MR) is 65.3 cm³/mol. The van der Waals surface area contributed by atoms with Crippen molar-refractivity contribution in [1.82, 2.24) is 9.99 Å². The molecule has 0 aliphatic rings. The van der Waals surface area contributed by atoms with Crippen LogP contribution in [-0.4, -0.2) is 21.8 Å². The van der Waals surface area contributed by atoms with E-state index in [0.29, 0.717) is 5.01 Å². The van der Waals surface area contributed by atoms with Crippen molar-refractivity contribution in [3.8, 4) is 0 Å². The van der Waals surface area contributed by atoms with E-state index in [2.05, 4.69) is 4.98 Å². The van der Waals surface area contributed by atoms with E-state index >= 15 is 0 Å². The first-order valence-electron chi connectivity index (χ1n) is 5.39. The Labute approximate surface area is 108 Å². The van der Waals surface area contributed by atoms with E-state index in [1.165, 1.54) is 42.7 Å². The fourth-order valence-electron chi connectivity index (χ4n) is 1.49. The summed E-state index contributed by atoms with van der Waals surface area (Å²) in [6, 6.07) is 8.14. The molecule has 1 aromatic heterocycles. The van der Waals surface area contributed by atoms with E-state index in [-0.39, 0.29) is 11.1 Å². The first-order chi connectivity index (χ1) is 9.11. The molecule has 5 nitrogen and oxygen atoms in total. The van der Waals surface area contributed by atoms with Gasteiger partial charge < -0.3 is 0 Å². The molecule has 2 N–H and O–H groups in total. The summed E-state index contributed by atoms with van der Waals surface area (Å²) < 4.78 is 13.4. The number of carbonyl (C=O) groups excluding carboxylic acids is 2. The molecule has 1 aromatic carbocycles. The number of rotatable bonds is 2. The molecule has 0 fully saturated rings. The molecule has 2 aromatic rings. The highest BCUT2D eigenvalue weighted by Crippen LogP contribution is 2.10. The monoisotopic (exact) mass is 259 g/mol. The summed E-state index contributed by atoms with van der Waals surface area (Å²) in [5.41, 5.74) is -0.0606. The minimum Gasteiger partial charge on any atom is -0.267 e. The number of carbonyl (C=O) groups is 2. The Hall–Kier alpha value is -2.60. The third-order valence-electron chi connectivity index (χ3n) is 2.47. The molecule has 0 spiro atoms. The molecule has 0 bridgehead atoms. The molecule has 0 atom stereocenters. The molecule has 0 aliphatic heterocycles. The summed E-state index contributed by atoms with van der Waals surface area (Å²) in [6.45, 7) is 0. The van der Waals surface area contributed by atoms with E-state index < -0.39 is 17.6 Å². The Morgan fingerprint density at radius 3 is 2.32 bits per heavy atom. The van der Waals surface area contributed by atoms with Crippen molar-refractivity contribution >= 4 is 11.8 Å². The summed E-state index contributed by atoms with van der Waals surface area (Å²) in [7, 11) is 0. The van der Waals surface area contributed by atoms with Crippen LogP contribution in [0.1, 0.15) is 20.7 Å². The smallest absolute Gasteiger partial charge is 0.267 e. The zero-order valence-corrected chi connectivity index (χ0v) is 9.79. The highest BCUT2D eigenvalue weighted by atomic mass is 19.1. The number of hydrogen-bond donors (Lipinski definition) is 1. The van der Waals surface area contributed by atoms with Crippen molar-refractivity contribution in [2.24, 2.45) is 5.84 Å². The van der Waals surface area contributed by atoms with Crippen molar-refractivity contribution < 1.29 is 14.0 Å². The van der Waals surface area contributed by atoms with Crippen LogP contribution in [0.5, 0.6) is 0 Å². The van der Waals surface area contributed by atoms with Gasteiger partial charge in [0.05, 0.1) is 5.56 Å². The van der Waals surface area contributed by atoms with Gasteiger partial charge in [-0.3, -0.25) is 14.6 Å². The Morgan fingerprint density at radius 2 is 1.68 bits per heavy atom. The number of hydrazine groups is 1. The van der Waals surface area contributed by atoms with Gasteiger partial charge >= 0.3 is 0 Å². The van der Waals surface area contributed by atoms with Crippen molar-refractivity contribution in [3.05, 3.63) is 65.7 Å². The minimum atomic E-state index is -0.903. The normalized spacial score (nSPS) is 10.0. The zero-order chi connectivity index (χ0) is 13.8. The van der Waals surface area contributed by atoms with Crippen LogP contribution in [0.3, 0.4) is 0 Å². The summed E-state index contributed by atoms with van der Waals surface area (Å²) in [5, 5.41) is 0.383. The number of halogens is 1. The lowest BCUT2D eigenvalue weighted by Crippen LogP contribution is -2.42. The highest BCUT2D eigenvalue weighted by molar-refractivity contribution is 6.09. The molecular formula is C13H10FN3O2. The number of pyridine rings is 1. The summed E-state index contributed by atoms with van der Waals surface area (Å²) in [5.74, 6) is 3.08. The Bertz CT molecular complexity index is 616. The number of imide groups is 1. The van der Waals surface area contributed by atoms with E-state index in [0.717, 1.165) is 6.07 Å². The predicted octanol–water partition coefficient (Wildman–Crippen LogP) is 1.38. The van der Waals surface area contributed by atoms with Gasteiger partial charge in [0.1, 0.15) is 5.82 Å². The molecular weight excluding hydrogens is 249 g/mol. The molecule has 0 aliphatic carbocycles. The van der Waals surface area contributed by atoms with Gasteiger partial charge in [0, 0.05) is 18.0 Å². The summed E-state index contributed by atoms with van der Waals surface area (Å²) in [4.78, 5) is 27.6. The van der Waals surface area contributed by atoms with Crippen molar-refractivity contribution in [2.75, 3.05) is 0 Å². The third-order valence-corrected chi connectivity index (χ3v) is 2.47. The molecule has 1 heterocycles. The number of aromatic nitrogens is 1. The van der Waals surface area contributed by atoms with Crippen LogP contribution < -0.4 is 5.84 Å². The lowest BCUT2D eigenvalue weighted by molar-refractivity contribution is 0.0613. The van der Waals surface area contributed by atoms with Gasteiger partial charge in [-0.05, 0) is 24.3 Å². The molecule has 0 unspecified atom stereocenters. The zero-order valence-electron chi connectivity index (χ0n) is 9.79. The van der Waals surface area contributed by atoms with Crippen LogP contribution in [0.4, 0.5) is 4.39 Å². The van der Waals surface area contributed by atoms with Gasteiger partial charge in [-0.25, -0.2) is 15.2 Å². The van der Waals surface area contributed by atoms with Crippen LogP contribution in [-0.2, 0) is 0 Å². The van der Waals surface area contributed by atoms with Crippen LogP contribution >= 0.6 is 0 Å². The summed E-state index contributed by atoms with van der Waals surface area (Å²) in [6.07, 6.45) is 2.79. The van der Waals surface area contributed by atoms with Gasteiger partial charge in [-0.1, -0.05) is 12.1 Å². The second-order valence-corrected chi connectivity index (χ2v) is 3.70. The number of amides is 2. The molecule has 0 saturated heterocycles. The van der Waals surface area contributed by atoms with Crippen LogP contribution in [0.15, 0.2) is 48.8 Å². The van der Waals surface area contributed by atoms with E-state index in [1.54, 1.807) is 0 Å². The van der Waals surface area contributed by atoms with Gasteiger partial charge in [0.25, 0.3) is 11.8 Å². The van der Waals surface area contributed by atoms with E-state index in [9.17, 15) is 14.0 Å². The second kappa shape index (κ2) is 5.36. The van der Waals surface area contributed by atoms with Gasteiger partial charge in [-0.15, -0.1) is 0 Å².